The molecule has 0 atom stereocenters. The van der Waals surface area contributed by atoms with Crippen molar-refractivity contribution >= 4 is 46.1 Å². The fraction of sp³-hybridized carbons (Fsp3) is 0. The molecule has 1 aromatic carbocycles. The lowest BCUT2D eigenvalue weighted by Crippen LogP contribution is -2.22. The summed E-state index contributed by atoms with van der Waals surface area (Å²) in [6.45, 7) is 0. The summed E-state index contributed by atoms with van der Waals surface area (Å²) in [6, 6.07) is 3.78. The Bertz CT molecular complexity index is 622. The second-order valence-corrected chi connectivity index (χ2v) is 3.95. The number of hydrazone groups is 1. The topological polar surface area (TPSA) is 141 Å². The van der Waals surface area contributed by atoms with Crippen molar-refractivity contribution in [2.75, 3.05) is 5.43 Å². The average molecular weight is 301 g/mol. The number of halogens is 2. The Morgan fingerprint density at radius 2 is 2.11 bits per heavy atom. The quantitative estimate of drug-likeness (QED) is 0.338. The summed E-state index contributed by atoms with van der Waals surface area (Å²) in [4.78, 5) is 10.1. The van der Waals surface area contributed by atoms with E-state index in [9.17, 15) is 10.1 Å². The van der Waals surface area contributed by atoms with Gasteiger partial charge in [0.1, 0.15) is 11.8 Å². The van der Waals surface area contributed by atoms with Crippen molar-refractivity contribution in [3.05, 3.63) is 32.3 Å². The summed E-state index contributed by atoms with van der Waals surface area (Å²) < 4.78 is 0. The Labute approximate surface area is 117 Å². The van der Waals surface area contributed by atoms with Crippen LogP contribution in [0.25, 0.3) is 0 Å². The highest BCUT2D eigenvalue weighted by Gasteiger charge is 2.17. The Morgan fingerprint density at radius 3 is 2.58 bits per heavy atom. The van der Waals surface area contributed by atoms with Gasteiger partial charge in [0, 0.05) is 6.07 Å². The number of nitrogens with two attached hydrogens (primary N) is 1. The van der Waals surface area contributed by atoms with E-state index in [4.69, 9.17) is 39.6 Å². The molecular weight excluding hydrogens is 295 g/mol. The van der Waals surface area contributed by atoms with Crippen LogP contribution in [0.4, 0.5) is 11.4 Å². The van der Waals surface area contributed by atoms with Crippen molar-refractivity contribution in [1.29, 1.82) is 10.7 Å². The van der Waals surface area contributed by atoms with E-state index in [1.165, 1.54) is 6.07 Å². The monoisotopic (exact) mass is 300 g/mol. The van der Waals surface area contributed by atoms with Gasteiger partial charge in [0.15, 0.2) is 5.84 Å². The molecule has 10 heteroatoms. The van der Waals surface area contributed by atoms with Gasteiger partial charge in [-0.2, -0.15) is 10.4 Å². The van der Waals surface area contributed by atoms with Crippen LogP contribution < -0.4 is 11.2 Å². The predicted octanol–water partition coefficient (Wildman–Crippen LogP) is 2.13. The molecule has 0 aliphatic carbocycles. The highest BCUT2D eigenvalue weighted by molar-refractivity contribution is 6.46. The Balaban J connectivity index is 3.21. The first-order valence-corrected chi connectivity index (χ1v) is 5.34. The molecule has 0 aliphatic rings. The molecule has 0 saturated heterocycles. The van der Waals surface area contributed by atoms with Crippen LogP contribution in [0.5, 0.6) is 0 Å². The number of amidine groups is 1. The molecule has 0 bridgehead atoms. The third-order valence-corrected chi connectivity index (χ3v) is 2.61. The lowest BCUT2D eigenvalue weighted by Gasteiger charge is -2.04. The van der Waals surface area contributed by atoms with Crippen molar-refractivity contribution in [1.82, 2.24) is 0 Å². The van der Waals surface area contributed by atoms with Gasteiger partial charge in [-0.15, -0.1) is 0 Å². The lowest BCUT2D eigenvalue weighted by atomic mass is 10.3. The van der Waals surface area contributed by atoms with E-state index in [0.29, 0.717) is 0 Å². The summed E-state index contributed by atoms with van der Waals surface area (Å²) in [5, 5.41) is 30.0. The van der Waals surface area contributed by atoms with Crippen LogP contribution in [-0.4, -0.2) is 16.5 Å². The molecule has 0 spiro atoms. The van der Waals surface area contributed by atoms with Crippen LogP contribution in [-0.2, 0) is 0 Å². The van der Waals surface area contributed by atoms with Crippen molar-refractivity contribution in [2.45, 2.75) is 0 Å². The molecule has 1 rings (SSSR count). The van der Waals surface area contributed by atoms with Crippen molar-refractivity contribution in [2.24, 2.45) is 10.8 Å². The number of nitriles is 1. The van der Waals surface area contributed by atoms with Gasteiger partial charge >= 0.3 is 0 Å². The number of nitrogens with one attached hydrogen (secondary N) is 2. The molecule has 8 nitrogen and oxygen atoms in total. The second kappa shape index (κ2) is 5.99. The van der Waals surface area contributed by atoms with E-state index < -0.39 is 16.5 Å². The molecule has 0 fully saturated rings. The van der Waals surface area contributed by atoms with E-state index >= 15 is 0 Å². The molecule has 0 aromatic heterocycles. The van der Waals surface area contributed by atoms with Crippen LogP contribution in [0.2, 0.25) is 10.0 Å². The van der Waals surface area contributed by atoms with Crippen LogP contribution >= 0.6 is 23.2 Å². The molecule has 0 saturated carbocycles. The molecule has 0 heterocycles. The van der Waals surface area contributed by atoms with Gasteiger partial charge in [-0.1, -0.05) is 23.2 Å². The fourth-order valence-corrected chi connectivity index (χ4v) is 1.36. The predicted molar refractivity (Wildman–Crippen MR) is 71.7 cm³/mol. The summed E-state index contributed by atoms with van der Waals surface area (Å²) in [7, 11) is 0. The molecule has 4 N–H and O–H groups in total. The van der Waals surface area contributed by atoms with Gasteiger partial charge in [-0.3, -0.25) is 20.9 Å². The van der Waals surface area contributed by atoms with Crippen molar-refractivity contribution < 1.29 is 4.92 Å². The minimum absolute atomic E-state index is 0.00923. The smallest absolute Gasteiger partial charge is 0.295 e. The summed E-state index contributed by atoms with van der Waals surface area (Å²) in [5.41, 5.74) is 6.46. The van der Waals surface area contributed by atoms with Gasteiger partial charge in [0.25, 0.3) is 5.69 Å². The molecule has 19 heavy (non-hydrogen) atoms. The minimum Gasteiger partial charge on any atom is -0.382 e. The van der Waals surface area contributed by atoms with Crippen LogP contribution in [0.15, 0.2) is 17.2 Å². The number of nitro groups is 1. The largest absolute Gasteiger partial charge is 0.382 e. The van der Waals surface area contributed by atoms with Gasteiger partial charge < -0.3 is 5.73 Å². The Morgan fingerprint density at radius 1 is 1.53 bits per heavy atom. The molecule has 98 valence electrons. The second-order valence-electron chi connectivity index (χ2n) is 3.14. The molecule has 1 aromatic rings. The van der Waals surface area contributed by atoms with Gasteiger partial charge in [0.2, 0.25) is 5.71 Å². The maximum atomic E-state index is 10.8. The molecule has 0 amide bonds. The van der Waals surface area contributed by atoms with Crippen molar-refractivity contribution in [3.63, 3.8) is 0 Å². The van der Waals surface area contributed by atoms with E-state index in [-0.39, 0.29) is 21.4 Å². The number of anilines is 1. The highest BCUT2D eigenvalue weighted by Crippen LogP contribution is 2.33. The summed E-state index contributed by atoms with van der Waals surface area (Å²) in [5.74, 6) is -0.572. The zero-order valence-corrected chi connectivity index (χ0v) is 10.7. The number of benzene rings is 1. The van der Waals surface area contributed by atoms with Crippen LogP contribution in [0, 0.1) is 26.9 Å². The number of nitro benzene ring substituents is 1. The third-order valence-electron chi connectivity index (χ3n) is 1.88. The zero-order chi connectivity index (χ0) is 14.6. The highest BCUT2D eigenvalue weighted by atomic mass is 35.5. The van der Waals surface area contributed by atoms with Gasteiger partial charge in [0.05, 0.1) is 15.0 Å². The first kappa shape index (κ1) is 14.7. The normalized spacial score (nSPS) is 10.7. The maximum Gasteiger partial charge on any atom is 0.295 e. The molecule has 0 aliphatic heterocycles. The SMILES string of the molecule is N#C/C(=N\Nc1cc(Cl)c(Cl)cc1[N+](=O)[O-])C(=N)N. The number of rotatable bonds is 4. The van der Waals surface area contributed by atoms with Crippen LogP contribution in [0.3, 0.4) is 0 Å². The summed E-state index contributed by atoms with van der Waals surface area (Å²) in [6.07, 6.45) is 0. The van der Waals surface area contributed by atoms with Gasteiger partial charge in [-0.25, -0.2) is 0 Å². The molecular formula is C9H6Cl2N6O2. The minimum atomic E-state index is -0.695. The number of hydrogen-bond donors (Lipinski definition) is 3. The summed E-state index contributed by atoms with van der Waals surface area (Å²) >= 11 is 11.4. The molecule has 0 radical (unpaired) electrons. The van der Waals surface area contributed by atoms with Crippen molar-refractivity contribution in [3.8, 4) is 6.07 Å². The van der Waals surface area contributed by atoms with E-state index in [1.807, 2.05) is 0 Å². The first-order chi connectivity index (χ1) is 8.86. The Hall–Kier alpha value is -2.37. The number of nitrogens with zero attached hydrogens (tertiary/aromatic N) is 3. The third kappa shape index (κ3) is 3.54. The molecule has 0 unspecified atom stereocenters. The van der Waals surface area contributed by atoms with E-state index in [0.717, 1.165) is 6.07 Å². The standard InChI is InChI=1S/C9H6Cl2N6O2/c10-4-1-6(8(17(18)19)2-5(4)11)15-16-7(3-12)9(13)14/h1-2,15H,(H3,13,14)/b16-7+. The van der Waals surface area contributed by atoms with Gasteiger partial charge in [-0.05, 0) is 6.07 Å². The van der Waals surface area contributed by atoms with Crippen LogP contribution in [0.1, 0.15) is 0 Å². The van der Waals surface area contributed by atoms with E-state index in [1.54, 1.807) is 6.07 Å². The Kier molecular flexibility index (Phi) is 4.63. The van der Waals surface area contributed by atoms with E-state index in [2.05, 4.69) is 10.5 Å². The first-order valence-electron chi connectivity index (χ1n) is 4.58. The average Bonchev–Trinajstić information content (AvgIpc) is 2.33. The lowest BCUT2D eigenvalue weighted by molar-refractivity contribution is -0.383. The fourth-order valence-electron chi connectivity index (χ4n) is 1.04. The zero-order valence-electron chi connectivity index (χ0n) is 9.15. The maximum absolute atomic E-state index is 10.8. The number of hydrogen-bond acceptors (Lipinski definition) is 6.